The molecule has 1 N–H and O–H groups in total. The molecular weight excluding hydrogens is 218 g/mol. The molecule has 0 aromatic rings. The summed E-state index contributed by atoms with van der Waals surface area (Å²) in [5.74, 6) is 0.0286. The van der Waals surface area contributed by atoms with Gasteiger partial charge in [0.1, 0.15) is 6.04 Å². The lowest BCUT2D eigenvalue weighted by atomic mass is 9.82. The highest BCUT2D eigenvalue weighted by molar-refractivity contribution is 5.85. The van der Waals surface area contributed by atoms with Crippen LogP contribution in [0.1, 0.15) is 45.4 Å². The van der Waals surface area contributed by atoms with Gasteiger partial charge in [-0.3, -0.25) is 4.79 Å². The van der Waals surface area contributed by atoms with E-state index in [1.165, 1.54) is 0 Å². The van der Waals surface area contributed by atoms with Gasteiger partial charge in [-0.2, -0.15) is 0 Å². The van der Waals surface area contributed by atoms with Gasteiger partial charge >= 0.3 is 5.97 Å². The van der Waals surface area contributed by atoms with Crippen molar-refractivity contribution in [3.05, 3.63) is 0 Å². The first kappa shape index (κ1) is 12.4. The van der Waals surface area contributed by atoms with Gasteiger partial charge in [0.25, 0.3) is 0 Å². The van der Waals surface area contributed by atoms with E-state index in [1.54, 1.807) is 4.90 Å². The van der Waals surface area contributed by atoms with Crippen LogP contribution in [0, 0.1) is 11.8 Å². The van der Waals surface area contributed by atoms with Crippen LogP contribution in [0.5, 0.6) is 0 Å². The Labute approximate surface area is 102 Å². The van der Waals surface area contributed by atoms with Gasteiger partial charge in [-0.05, 0) is 44.4 Å². The second kappa shape index (κ2) is 5.07. The van der Waals surface area contributed by atoms with Crippen LogP contribution in [0.15, 0.2) is 0 Å². The van der Waals surface area contributed by atoms with Crippen molar-refractivity contribution in [1.29, 1.82) is 0 Å². The molecule has 4 nitrogen and oxygen atoms in total. The Kier molecular flexibility index (Phi) is 3.69. The van der Waals surface area contributed by atoms with Gasteiger partial charge < -0.3 is 10.0 Å². The lowest BCUT2D eigenvalue weighted by Crippen LogP contribution is -2.44. The van der Waals surface area contributed by atoms with Crippen molar-refractivity contribution in [2.75, 3.05) is 6.54 Å². The molecule has 0 bridgehead atoms. The second-order valence-electron chi connectivity index (χ2n) is 5.48. The van der Waals surface area contributed by atoms with Gasteiger partial charge in [0, 0.05) is 12.5 Å². The fourth-order valence-electron chi connectivity index (χ4n) is 3.03. The Hall–Kier alpha value is -1.06. The smallest absolute Gasteiger partial charge is 0.326 e. The lowest BCUT2D eigenvalue weighted by molar-refractivity contribution is -0.150. The van der Waals surface area contributed by atoms with E-state index < -0.39 is 12.0 Å². The first-order valence-corrected chi connectivity index (χ1v) is 6.63. The Balaban J connectivity index is 1.97. The number of amides is 1. The van der Waals surface area contributed by atoms with Crippen molar-refractivity contribution in [2.24, 2.45) is 11.8 Å². The van der Waals surface area contributed by atoms with E-state index in [0.717, 1.165) is 32.1 Å². The van der Waals surface area contributed by atoms with Gasteiger partial charge in [-0.15, -0.1) is 0 Å². The zero-order valence-electron chi connectivity index (χ0n) is 10.4. The highest BCUT2D eigenvalue weighted by Gasteiger charge is 2.37. The van der Waals surface area contributed by atoms with Crippen LogP contribution >= 0.6 is 0 Å². The molecule has 1 saturated heterocycles. The number of carboxylic acid groups (broad SMARTS) is 1. The van der Waals surface area contributed by atoms with Gasteiger partial charge in [-0.25, -0.2) is 4.79 Å². The van der Waals surface area contributed by atoms with Crippen LogP contribution in [0.25, 0.3) is 0 Å². The summed E-state index contributed by atoms with van der Waals surface area (Å²) < 4.78 is 0. The third-order valence-corrected chi connectivity index (χ3v) is 4.19. The molecule has 0 radical (unpaired) electrons. The molecule has 1 unspecified atom stereocenters. The van der Waals surface area contributed by atoms with E-state index in [1.807, 2.05) is 0 Å². The maximum atomic E-state index is 12.3. The molecule has 1 amide bonds. The minimum atomic E-state index is -0.847. The van der Waals surface area contributed by atoms with Gasteiger partial charge in [-0.1, -0.05) is 6.92 Å². The van der Waals surface area contributed by atoms with Gasteiger partial charge in [0.2, 0.25) is 5.91 Å². The average Bonchev–Trinajstić information content (AvgIpc) is 2.78. The van der Waals surface area contributed by atoms with E-state index in [9.17, 15) is 9.59 Å². The molecule has 1 atom stereocenters. The van der Waals surface area contributed by atoms with Crippen molar-refractivity contribution in [3.8, 4) is 0 Å². The fraction of sp³-hybridized carbons (Fsp3) is 0.846. The molecule has 96 valence electrons. The molecule has 2 fully saturated rings. The summed E-state index contributed by atoms with van der Waals surface area (Å²) in [4.78, 5) is 24.9. The molecular formula is C13H21NO3. The minimum Gasteiger partial charge on any atom is -0.480 e. The number of carboxylic acids is 1. The van der Waals surface area contributed by atoms with E-state index in [-0.39, 0.29) is 11.8 Å². The van der Waals surface area contributed by atoms with Crippen molar-refractivity contribution < 1.29 is 14.7 Å². The summed E-state index contributed by atoms with van der Waals surface area (Å²) in [5.41, 5.74) is 0. The molecule has 1 aliphatic carbocycles. The fourth-order valence-corrected chi connectivity index (χ4v) is 3.03. The molecule has 0 aromatic heterocycles. The first-order chi connectivity index (χ1) is 8.09. The zero-order valence-corrected chi connectivity index (χ0v) is 10.4. The number of likely N-dealkylation sites (tertiary alicyclic amines) is 1. The van der Waals surface area contributed by atoms with Gasteiger partial charge in [0.05, 0.1) is 0 Å². The SMILES string of the molecule is CC1CCC(C(=O)N2CCCC2C(=O)O)CC1. The number of hydrogen-bond donors (Lipinski definition) is 1. The van der Waals surface area contributed by atoms with E-state index in [2.05, 4.69) is 6.92 Å². The molecule has 4 heteroatoms. The van der Waals surface area contributed by atoms with Crippen molar-refractivity contribution in [1.82, 2.24) is 4.90 Å². The normalized spacial score (nSPS) is 33.7. The van der Waals surface area contributed by atoms with Crippen molar-refractivity contribution in [3.63, 3.8) is 0 Å². The number of nitrogens with zero attached hydrogens (tertiary/aromatic N) is 1. The Morgan fingerprint density at radius 2 is 1.76 bits per heavy atom. The van der Waals surface area contributed by atoms with Crippen LogP contribution in [-0.2, 0) is 9.59 Å². The summed E-state index contributed by atoms with van der Waals surface area (Å²) in [6.45, 7) is 2.85. The first-order valence-electron chi connectivity index (χ1n) is 6.63. The summed E-state index contributed by atoms with van der Waals surface area (Å²) in [5, 5.41) is 9.08. The van der Waals surface area contributed by atoms with E-state index in [4.69, 9.17) is 5.11 Å². The predicted octanol–water partition coefficient (Wildman–Crippen LogP) is 1.89. The Morgan fingerprint density at radius 3 is 2.35 bits per heavy atom. The van der Waals surface area contributed by atoms with E-state index in [0.29, 0.717) is 18.9 Å². The van der Waals surface area contributed by atoms with Crippen LogP contribution in [0.4, 0.5) is 0 Å². The molecule has 1 heterocycles. The van der Waals surface area contributed by atoms with E-state index >= 15 is 0 Å². The summed E-state index contributed by atoms with van der Waals surface area (Å²) in [6.07, 6.45) is 5.51. The van der Waals surface area contributed by atoms with Crippen LogP contribution in [0.2, 0.25) is 0 Å². The van der Waals surface area contributed by atoms with Crippen molar-refractivity contribution >= 4 is 11.9 Å². The van der Waals surface area contributed by atoms with Crippen LogP contribution < -0.4 is 0 Å². The quantitative estimate of drug-likeness (QED) is 0.800. The number of carbonyl (C=O) groups excluding carboxylic acids is 1. The third-order valence-electron chi connectivity index (χ3n) is 4.19. The van der Waals surface area contributed by atoms with Crippen molar-refractivity contribution in [2.45, 2.75) is 51.5 Å². The topological polar surface area (TPSA) is 57.6 Å². The van der Waals surface area contributed by atoms with Crippen LogP contribution in [0.3, 0.4) is 0 Å². The maximum absolute atomic E-state index is 12.3. The predicted molar refractivity (Wildman–Crippen MR) is 63.5 cm³/mol. The Morgan fingerprint density at radius 1 is 1.12 bits per heavy atom. The number of rotatable bonds is 2. The Bertz CT molecular complexity index is 308. The number of hydrogen-bond acceptors (Lipinski definition) is 2. The highest BCUT2D eigenvalue weighted by atomic mass is 16.4. The molecule has 1 saturated carbocycles. The molecule has 2 aliphatic rings. The summed E-state index contributed by atoms with van der Waals surface area (Å²) in [6, 6.07) is -0.568. The minimum absolute atomic E-state index is 0.0751. The lowest BCUT2D eigenvalue weighted by Gasteiger charge is -2.30. The average molecular weight is 239 g/mol. The van der Waals surface area contributed by atoms with Crippen LogP contribution in [-0.4, -0.2) is 34.5 Å². The standard InChI is InChI=1S/C13H21NO3/c1-9-4-6-10(7-5-9)12(15)14-8-2-3-11(14)13(16)17/h9-11H,2-8H2,1H3,(H,16,17). The number of aliphatic carboxylic acids is 1. The largest absolute Gasteiger partial charge is 0.480 e. The molecule has 0 aromatic carbocycles. The molecule has 2 rings (SSSR count). The second-order valence-corrected chi connectivity index (χ2v) is 5.48. The number of carbonyl (C=O) groups is 2. The summed E-state index contributed by atoms with van der Waals surface area (Å²) in [7, 11) is 0. The summed E-state index contributed by atoms with van der Waals surface area (Å²) >= 11 is 0. The zero-order chi connectivity index (χ0) is 12.4. The monoisotopic (exact) mass is 239 g/mol. The molecule has 1 aliphatic heterocycles. The highest BCUT2D eigenvalue weighted by Crippen LogP contribution is 2.31. The van der Waals surface area contributed by atoms with Gasteiger partial charge in [0.15, 0.2) is 0 Å². The molecule has 17 heavy (non-hydrogen) atoms. The molecule has 0 spiro atoms. The maximum Gasteiger partial charge on any atom is 0.326 e. The third kappa shape index (κ3) is 2.61.